The average Bonchev–Trinajstić information content (AvgIpc) is 2.71. The highest BCUT2D eigenvalue weighted by molar-refractivity contribution is 9.11. The maximum absolute atomic E-state index is 4.16. The summed E-state index contributed by atoms with van der Waals surface area (Å²) in [6, 6.07) is 0. The Bertz CT molecular complexity index is 407. The first-order valence-electron chi connectivity index (χ1n) is 3.41. The first-order chi connectivity index (χ1) is 6.34. The van der Waals surface area contributed by atoms with Gasteiger partial charge in [-0.3, -0.25) is 0 Å². The van der Waals surface area contributed by atoms with Crippen LogP contribution in [0.1, 0.15) is 10.7 Å². The van der Waals surface area contributed by atoms with E-state index in [1.807, 2.05) is 17.5 Å². The molecule has 2 aromatic rings. The third kappa shape index (κ3) is 2.43. The summed E-state index contributed by atoms with van der Waals surface area (Å²) in [6.07, 6.45) is 5.60. The first kappa shape index (κ1) is 8.98. The predicted molar refractivity (Wildman–Crippen MR) is 58.7 cm³/mol. The molecule has 0 aliphatic heterocycles. The van der Waals surface area contributed by atoms with Crippen molar-refractivity contribution in [3.8, 4) is 0 Å². The van der Waals surface area contributed by atoms with Crippen LogP contribution in [0, 0.1) is 0 Å². The van der Waals surface area contributed by atoms with Crippen molar-refractivity contribution in [2.75, 3.05) is 0 Å². The minimum absolute atomic E-state index is 0.872. The van der Waals surface area contributed by atoms with Crippen molar-refractivity contribution in [3.05, 3.63) is 26.1 Å². The van der Waals surface area contributed by atoms with E-state index < -0.39 is 0 Å². The zero-order valence-corrected chi connectivity index (χ0v) is 9.56. The molecule has 0 amide bonds. The average molecular weight is 274 g/mol. The van der Waals surface area contributed by atoms with E-state index in [-0.39, 0.29) is 0 Å². The molecular weight excluding hydrogens is 270 g/mol. The fourth-order valence-electron chi connectivity index (χ4n) is 0.745. The van der Waals surface area contributed by atoms with Gasteiger partial charge in [-0.2, -0.15) is 0 Å². The van der Waals surface area contributed by atoms with Gasteiger partial charge in [-0.25, -0.2) is 4.98 Å². The summed E-state index contributed by atoms with van der Waals surface area (Å²) in [6.45, 7) is 0. The molecule has 0 spiro atoms. The lowest BCUT2D eigenvalue weighted by atomic mass is 10.4. The largest absolute Gasteiger partial charge is 0.244 e. The molecule has 13 heavy (non-hydrogen) atoms. The van der Waals surface area contributed by atoms with Crippen molar-refractivity contribution in [1.29, 1.82) is 0 Å². The van der Waals surface area contributed by atoms with E-state index in [0.29, 0.717) is 0 Å². The summed E-state index contributed by atoms with van der Waals surface area (Å²) < 4.78 is 4.78. The van der Waals surface area contributed by atoms with Crippen LogP contribution in [0.2, 0.25) is 0 Å². The zero-order valence-electron chi connectivity index (χ0n) is 6.35. The number of nitrogens with zero attached hydrogens (tertiary/aromatic N) is 3. The Kier molecular flexibility index (Phi) is 2.82. The lowest BCUT2D eigenvalue weighted by Crippen LogP contribution is -1.70. The molecule has 0 aliphatic rings. The van der Waals surface area contributed by atoms with E-state index in [2.05, 4.69) is 30.5 Å². The number of thiazole rings is 1. The van der Waals surface area contributed by atoms with Gasteiger partial charge in [-0.15, -0.1) is 16.4 Å². The minimum atomic E-state index is 0.872. The van der Waals surface area contributed by atoms with Crippen molar-refractivity contribution >= 4 is 51.0 Å². The highest BCUT2D eigenvalue weighted by Crippen LogP contribution is 2.20. The summed E-state index contributed by atoms with van der Waals surface area (Å²) in [5.74, 6) is 0. The Morgan fingerprint density at radius 3 is 2.92 bits per heavy atom. The van der Waals surface area contributed by atoms with Gasteiger partial charge >= 0.3 is 0 Å². The number of hydrogen-bond donors (Lipinski definition) is 0. The van der Waals surface area contributed by atoms with Crippen molar-refractivity contribution < 1.29 is 0 Å². The van der Waals surface area contributed by atoms with Crippen LogP contribution in [-0.4, -0.2) is 14.6 Å². The van der Waals surface area contributed by atoms with Crippen LogP contribution in [-0.2, 0) is 0 Å². The van der Waals surface area contributed by atoms with Crippen molar-refractivity contribution in [2.45, 2.75) is 0 Å². The molecule has 0 atom stereocenters. The molecule has 0 saturated carbocycles. The van der Waals surface area contributed by atoms with Crippen LogP contribution in [0.25, 0.3) is 12.2 Å². The normalized spacial score (nSPS) is 11.2. The molecule has 0 fully saturated rings. The maximum Gasteiger partial charge on any atom is 0.117 e. The van der Waals surface area contributed by atoms with E-state index in [9.17, 15) is 0 Å². The minimum Gasteiger partial charge on any atom is -0.244 e. The van der Waals surface area contributed by atoms with Crippen LogP contribution >= 0.6 is 38.8 Å². The molecule has 6 heteroatoms. The van der Waals surface area contributed by atoms with Crippen molar-refractivity contribution in [1.82, 2.24) is 14.6 Å². The second-order valence-electron chi connectivity index (χ2n) is 2.17. The quantitative estimate of drug-likeness (QED) is 0.845. The van der Waals surface area contributed by atoms with E-state index in [1.165, 1.54) is 11.5 Å². The Morgan fingerprint density at radius 1 is 1.38 bits per heavy atom. The molecule has 2 rings (SSSR count). The van der Waals surface area contributed by atoms with Crippen LogP contribution in [0.15, 0.2) is 15.4 Å². The summed E-state index contributed by atoms with van der Waals surface area (Å²) in [5, 5.41) is 6.73. The van der Waals surface area contributed by atoms with Crippen LogP contribution < -0.4 is 0 Å². The third-order valence-electron chi connectivity index (χ3n) is 1.27. The van der Waals surface area contributed by atoms with Crippen LogP contribution in [0.5, 0.6) is 0 Å². The Hall–Kier alpha value is -0.590. The molecule has 0 aliphatic carbocycles. The standard InChI is InChI=1S/C7H4BrN3S2/c8-6-3-9-7(13-6)2-1-5-4-12-11-10-5/h1-4H/b2-1+. The molecular formula is C7H4BrN3S2. The number of rotatable bonds is 2. The highest BCUT2D eigenvalue weighted by atomic mass is 79.9. The van der Waals surface area contributed by atoms with Crippen LogP contribution in [0.4, 0.5) is 0 Å². The van der Waals surface area contributed by atoms with Gasteiger partial charge in [0, 0.05) is 5.38 Å². The molecule has 3 nitrogen and oxygen atoms in total. The van der Waals surface area contributed by atoms with Gasteiger partial charge in [0.15, 0.2) is 0 Å². The third-order valence-corrected chi connectivity index (χ3v) is 3.23. The van der Waals surface area contributed by atoms with Gasteiger partial charge in [0.05, 0.1) is 15.7 Å². The molecule has 66 valence electrons. The van der Waals surface area contributed by atoms with Gasteiger partial charge < -0.3 is 0 Å². The monoisotopic (exact) mass is 273 g/mol. The molecule has 0 saturated heterocycles. The Balaban J connectivity index is 2.14. The number of aromatic nitrogens is 3. The van der Waals surface area contributed by atoms with Gasteiger partial charge in [0.2, 0.25) is 0 Å². The fraction of sp³-hybridized carbons (Fsp3) is 0. The van der Waals surface area contributed by atoms with Gasteiger partial charge in [0.1, 0.15) is 5.01 Å². The first-order valence-corrected chi connectivity index (χ1v) is 5.86. The summed E-state index contributed by atoms with van der Waals surface area (Å²) in [5.41, 5.74) is 0.872. The fourth-order valence-corrected chi connectivity index (χ4v) is 2.31. The van der Waals surface area contributed by atoms with E-state index in [1.54, 1.807) is 17.5 Å². The SMILES string of the molecule is Brc1cnc(/C=C/c2csnn2)s1. The Morgan fingerprint density at radius 2 is 2.31 bits per heavy atom. The number of hydrogen-bond acceptors (Lipinski definition) is 5. The summed E-state index contributed by atoms with van der Waals surface area (Å²) >= 11 is 6.27. The van der Waals surface area contributed by atoms with Crippen molar-refractivity contribution in [2.24, 2.45) is 0 Å². The van der Waals surface area contributed by atoms with E-state index >= 15 is 0 Å². The maximum atomic E-state index is 4.16. The smallest absolute Gasteiger partial charge is 0.117 e. The molecule has 2 aromatic heterocycles. The summed E-state index contributed by atoms with van der Waals surface area (Å²) in [4.78, 5) is 4.16. The second-order valence-corrected chi connectivity index (χ2v) is 5.22. The highest BCUT2D eigenvalue weighted by Gasteiger charge is 1.94. The second kappa shape index (κ2) is 4.08. The zero-order chi connectivity index (χ0) is 9.10. The molecule has 0 bridgehead atoms. The molecule has 0 N–H and O–H groups in total. The predicted octanol–water partition coefficient (Wildman–Crippen LogP) is 2.93. The van der Waals surface area contributed by atoms with Gasteiger partial charge in [-0.1, -0.05) is 4.49 Å². The molecule has 0 aromatic carbocycles. The Labute approximate surface area is 91.4 Å². The number of halogens is 1. The van der Waals surface area contributed by atoms with E-state index in [4.69, 9.17) is 0 Å². The topological polar surface area (TPSA) is 38.7 Å². The molecule has 0 unspecified atom stereocenters. The lowest BCUT2D eigenvalue weighted by molar-refractivity contribution is 1.14. The molecule has 2 heterocycles. The van der Waals surface area contributed by atoms with Crippen LogP contribution in [0.3, 0.4) is 0 Å². The summed E-state index contributed by atoms with van der Waals surface area (Å²) in [7, 11) is 0. The van der Waals surface area contributed by atoms with Crippen molar-refractivity contribution in [3.63, 3.8) is 0 Å². The van der Waals surface area contributed by atoms with Gasteiger partial charge in [-0.05, 0) is 39.6 Å². The lowest BCUT2D eigenvalue weighted by Gasteiger charge is -1.79. The molecule has 0 radical (unpaired) electrons. The van der Waals surface area contributed by atoms with Gasteiger partial charge in [0.25, 0.3) is 0 Å². The van der Waals surface area contributed by atoms with E-state index in [0.717, 1.165) is 14.5 Å².